The van der Waals surface area contributed by atoms with Gasteiger partial charge in [0, 0.05) is 32.6 Å². The van der Waals surface area contributed by atoms with Crippen molar-refractivity contribution in [2.75, 3.05) is 26.2 Å². The number of aromatic nitrogens is 3. The van der Waals surface area contributed by atoms with Crippen LogP contribution in [0.3, 0.4) is 0 Å². The summed E-state index contributed by atoms with van der Waals surface area (Å²) in [6.45, 7) is 6.09. The third-order valence-electron chi connectivity index (χ3n) is 3.23. The Morgan fingerprint density at radius 1 is 1.21 bits per heavy atom. The molecule has 1 fully saturated rings. The van der Waals surface area contributed by atoms with Gasteiger partial charge in [-0.3, -0.25) is 14.7 Å². The van der Waals surface area contributed by atoms with Gasteiger partial charge in [-0.25, -0.2) is 4.98 Å². The van der Waals surface area contributed by atoms with E-state index in [1.165, 1.54) is 0 Å². The van der Waals surface area contributed by atoms with Crippen molar-refractivity contribution in [3.63, 3.8) is 0 Å². The van der Waals surface area contributed by atoms with Gasteiger partial charge in [0.05, 0.1) is 0 Å². The standard InChI is InChI=1S/C12H19N5O2/c1-3-10(18)16-5-4-6-17(8-7-16)12(19)11-13-9(2)14-15-11/h3-8H2,1-2H3,(H,13,14,15). The van der Waals surface area contributed by atoms with E-state index in [-0.39, 0.29) is 17.6 Å². The smallest absolute Gasteiger partial charge is 0.293 e. The Morgan fingerprint density at radius 3 is 2.53 bits per heavy atom. The molecule has 1 aliphatic heterocycles. The van der Waals surface area contributed by atoms with Crippen molar-refractivity contribution in [1.82, 2.24) is 25.0 Å². The molecule has 104 valence electrons. The second-order valence-corrected chi connectivity index (χ2v) is 4.62. The Morgan fingerprint density at radius 2 is 1.89 bits per heavy atom. The molecule has 0 atom stereocenters. The fourth-order valence-corrected chi connectivity index (χ4v) is 2.17. The molecule has 7 nitrogen and oxygen atoms in total. The molecule has 1 N–H and O–H groups in total. The molecule has 0 unspecified atom stereocenters. The average Bonchev–Trinajstić information content (AvgIpc) is 2.71. The molecule has 1 aromatic rings. The predicted octanol–water partition coefficient (Wildman–Crippen LogP) is 0.198. The molecule has 1 aromatic heterocycles. The van der Waals surface area contributed by atoms with Gasteiger partial charge in [0.25, 0.3) is 5.91 Å². The normalized spacial score (nSPS) is 16.3. The van der Waals surface area contributed by atoms with Crippen molar-refractivity contribution in [2.45, 2.75) is 26.7 Å². The van der Waals surface area contributed by atoms with E-state index < -0.39 is 0 Å². The lowest BCUT2D eigenvalue weighted by atomic mass is 10.3. The first-order chi connectivity index (χ1) is 9.11. The predicted molar refractivity (Wildman–Crippen MR) is 68.5 cm³/mol. The van der Waals surface area contributed by atoms with Gasteiger partial charge >= 0.3 is 0 Å². The van der Waals surface area contributed by atoms with Crippen molar-refractivity contribution in [3.05, 3.63) is 11.6 Å². The summed E-state index contributed by atoms with van der Waals surface area (Å²) in [5, 5.41) is 6.55. The summed E-state index contributed by atoms with van der Waals surface area (Å²) in [5.74, 6) is 0.798. The van der Waals surface area contributed by atoms with Gasteiger partial charge in [0.2, 0.25) is 11.7 Å². The highest BCUT2D eigenvalue weighted by Gasteiger charge is 2.24. The molecule has 0 radical (unpaired) electrons. The van der Waals surface area contributed by atoms with Crippen LogP contribution in [0.4, 0.5) is 0 Å². The van der Waals surface area contributed by atoms with Crippen LogP contribution in [0.2, 0.25) is 0 Å². The van der Waals surface area contributed by atoms with Gasteiger partial charge in [0.15, 0.2) is 0 Å². The minimum absolute atomic E-state index is 0.142. The highest BCUT2D eigenvalue weighted by Crippen LogP contribution is 2.07. The number of aryl methyl sites for hydroxylation is 1. The van der Waals surface area contributed by atoms with Crippen molar-refractivity contribution >= 4 is 11.8 Å². The van der Waals surface area contributed by atoms with Crippen molar-refractivity contribution < 1.29 is 9.59 Å². The number of hydrogen-bond donors (Lipinski definition) is 1. The Bertz CT molecular complexity index is 470. The first kappa shape index (κ1) is 13.5. The van der Waals surface area contributed by atoms with E-state index in [1.54, 1.807) is 11.8 Å². The molecular formula is C12H19N5O2. The van der Waals surface area contributed by atoms with Crippen LogP contribution in [0.5, 0.6) is 0 Å². The van der Waals surface area contributed by atoms with E-state index >= 15 is 0 Å². The zero-order valence-electron chi connectivity index (χ0n) is 11.3. The monoisotopic (exact) mass is 265 g/mol. The highest BCUT2D eigenvalue weighted by atomic mass is 16.2. The molecule has 0 saturated carbocycles. The van der Waals surface area contributed by atoms with Crippen LogP contribution in [0.25, 0.3) is 0 Å². The summed E-state index contributed by atoms with van der Waals surface area (Å²) in [5.41, 5.74) is 0. The lowest BCUT2D eigenvalue weighted by molar-refractivity contribution is -0.130. The number of H-pyrrole nitrogens is 1. The van der Waals surface area contributed by atoms with Gasteiger partial charge in [-0.05, 0) is 13.3 Å². The molecule has 0 aliphatic carbocycles. The Kier molecular flexibility index (Phi) is 4.13. The fraction of sp³-hybridized carbons (Fsp3) is 0.667. The second-order valence-electron chi connectivity index (χ2n) is 4.62. The van der Waals surface area contributed by atoms with Crippen LogP contribution in [0, 0.1) is 6.92 Å². The number of nitrogens with zero attached hydrogens (tertiary/aromatic N) is 4. The molecule has 2 rings (SSSR count). The van der Waals surface area contributed by atoms with Gasteiger partial charge in [-0.1, -0.05) is 6.92 Å². The number of nitrogens with one attached hydrogen (secondary N) is 1. The lowest BCUT2D eigenvalue weighted by Crippen LogP contribution is -2.37. The first-order valence-corrected chi connectivity index (χ1v) is 6.58. The van der Waals surface area contributed by atoms with Crippen LogP contribution in [0.15, 0.2) is 0 Å². The third-order valence-corrected chi connectivity index (χ3v) is 3.23. The average molecular weight is 265 g/mol. The quantitative estimate of drug-likeness (QED) is 0.828. The first-order valence-electron chi connectivity index (χ1n) is 6.58. The van der Waals surface area contributed by atoms with E-state index in [2.05, 4.69) is 15.2 Å². The minimum atomic E-state index is -0.171. The van der Waals surface area contributed by atoms with Crippen LogP contribution < -0.4 is 0 Å². The van der Waals surface area contributed by atoms with Crippen molar-refractivity contribution in [3.8, 4) is 0 Å². The topological polar surface area (TPSA) is 82.2 Å². The van der Waals surface area contributed by atoms with Gasteiger partial charge in [-0.2, -0.15) is 0 Å². The van der Waals surface area contributed by atoms with Crippen LogP contribution in [0.1, 0.15) is 36.2 Å². The molecule has 0 bridgehead atoms. The number of aromatic amines is 1. The van der Waals surface area contributed by atoms with Gasteiger partial charge in [-0.15, -0.1) is 5.10 Å². The summed E-state index contributed by atoms with van der Waals surface area (Å²) < 4.78 is 0. The molecule has 7 heteroatoms. The third kappa shape index (κ3) is 3.10. The van der Waals surface area contributed by atoms with E-state index in [0.717, 1.165) is 6.42 Å². The zero-order chi connectivity index (χ0) is 13.8. The van der Waals surface area contributed by atoms with Gasteiger partial charge < -0.3 is 9.80 Å². The second kappa shape index (κ2) is 5.81. The summed E-state index contributed by atoms with van der Waals surface area (Å²) in [6, 6.07) is 0. The molecule has 19 heavy (non-hydrogen) atoms. The Hall–Kier alpha value is -1.92. The molecular weight excluding hydrogens is 246 g/mol. The summed E-state index contributed by atoms with van der Waals surface area (Å²) >= 11 is 0. The summed E-state index contributed by atoms with van der Waals surface area (Å²) in [4.78, 5) is 31.4. The maximum Gasteiger partial charge on any atom is 0.293 e. The molecule has 2 heterocycles. The minimum Gasteiger partial charge on any atom is -0.341 e. The molecule has 0 spiro atoms. The molecule has 1 saturated heterocycles. The van der Waals surface area contributed by atoms with Gasteiger partial charge in [0.1, 0.15) is 5.82 Å². The number of carbonyl (C=O) groups excluding carboxylic acids is 2. The van der Waals surface area contributed by atoms with E-state index in [1.807, 2.05) is 11.8 Å². The molecule has 1 aliphatic rings. The highest BCUT2D eigenvalue weighted by molar-refractivity contribution is 5.90. The summed E-state index contributed by atoms with van der Waals surface area (Å²) in [6.07, 6.45) is 1.30. The molecule has 0 aromatic carbocycles. The SMILES string of the molecule is CCC(=O)N1CCCN(C(=O)c2n[nH]c(C)n2)CC1. The van der Waals surface area contributed by atoms with E-state index in [4.69, 9.17) is 0 Å². The zero-order valence-corrected chi connectivity index (χ0v) is 11.3. The van der Waals surface area contributed by atoms with E-state index in [0.29, 0.717) is 38.4 Å². The molecule has 2 amide bonds. The Balaban J connectivity index is 1.99. The maximum absolute atomic E-state index is 12.2. The number of rotatable bonds is 2. The lowest BCUT2D eigenvalue weighted by Gasteiger charge is -2.20. The Labute approximate surface area is 112 Å². The fourth-order valence-electron chi connectivity index (χ4n) is 2.17. The summed E-state index contributed by atoms with van der Waals surface area (Å²) in [7, 11) is 0. The largest absolute Gasteiger partial charge is 0.341 e. The number of amides is 2. The van der Waals surface area contributed by atoms with Crippen molar-refractivity contribution in [1.29, 1.82) is 0 Å². The maximum atomic E-state index is 12.2. The van der Waals surface area contributed by atoms with Crippen LogP contribution >= 0.6 is 0 Å². The number of hydrogen-bond acceptors (Lipinski definition) is 4. The van der Waals surface area contributed by atoms with E-state index in [9.17, 15) is 9.59 Å². The van der Waals surface area contributed by atoms with Crippen molar-refractivity contribution in [2.24, 2.45) is 0 Å². The van der Waals surface area contributed by atoms with Crippen LogP contribution in [-0.4, -0.2) is 63.0 Å². The number of carbonyl (C=O) groups is 2. The van der Waals surface area contributed by atoms with Crippen LogP contribution in [-0.2, 0) is 4.79 Å².